The van der Waals surface area contributed by atoms with Gasteiger partial charge >= 0.3 is 0 Å². The van der Waals surface area contributed by atoms with Crippen LogP contribution in [0.4, 0.5) is 0 Å². The number of aromatic nitrogens is 2. The summed E-state index contributed by atoms with van der Waals surface area (Å²) in [5.74, 6) is 0.988. The van der Waals surface area contributed by atoms with Crippen LogP contribution < -0.4 is 5.56 Å². The lowest BCUT2D eigenvalue weighted by Crippen LogP contribution is -2.23. The van der Waals surface area contributed by atoms with Gasteiger partial charge in [0.2, 0.25) is 5.89 Å². The molecule has 5 nitrogen and oxygen atoms in total. The summed E-state index contributed by atoms with van der Waals surface area (Å²) in [5, 5.41) is 9.69. The minimum Gasteiger partial charge on any atom is -0.439 e. The van der Waals surface area contributed by atoms with Gasteiger partial charge in [-0.1, -0.05) is 11.6 Å². The molecular formula is C17H12ClN3O2. The van der Waals surface area contributed by atoms with Crippen molar-refractivity contribution in [3.05, 3.63) is 75.1 Å². The maximum atomic E-state index is 12.2. The zero-order chi connectivity index (χ0) is 16.4. The van der Waals surface area contributed by atoms with E-state index in [4.69, 9.17) is 21.3 Å². The number of aryl methyl sites for hydroxylation is 1. The fourth-order valence-corrected chi connectivity index (χ4v) is 2.33. The molecule has 0 fully saturated rings. The SMILES string of the molecule is Cc1ccn(Cc2ncc(-c3ccc(Cl)cc3)o2)c(=O)c1C#N. The molecule has 0 aliphatic rings. The van der Waals surface area contributed by atoms with Crippen LogP contribution in [0.3, 0.4) is 0 Å². The molecule has 0 unspecified atom stereocenters. The van der Waals surface area contributed by atoms with Crippen molar-refractivity contribution >= 4 is 11.6 Å². The lowest BCUT2D eigenvalue weighted by Gasteiger charge is -2.04. The predicted octanol–water partition coefficient (Wildman–Crippen LogP) is 3.39. The number of nitriles is 1. The van der Waals surface area contributed by atoms with Crippen LogP contribution in [0.25, 0.3) is 11.3 Å². The summed E-state index contributed by atoms with van der Waals surface area (Å²) in [6, 6.07) is 10.9. The Kier molecular flexibility index (Phi) is 4.00. The van der Waals surface area contributed by atoms with Crippen molar-refractivity contribution in [1.82, 2.24) is 9.55 Å². The normalized spacial score (nSPS) is 10.5. The van der Waals surface area contributed by atoms with Gasteiger partial charge in [0.25, 0.3) is 5.56 Å². The van der Waals surface area contributed by atoms with Crippen molar-refractivity contribution < 1.29 is 4.42 Å². The molecule has 0 spiro atoms. The van der Waals surface area contributed by atoms with Crippen LogP contribution in [-0.2, 0) is 6.54 Å². The number of benzene rings is 1. The van der Waals surface area contributed by atoms with Crippen molar-refractivity contribution in [2.75, 3.05) is 0 Å². The van der Waals surface area contributed by atoms with E-state index >= 15 is 0 Å². The highest BCUT2D eigenvalue weighted by Gasteiger charge is 2.11. The maximum Gasteiger partial charge on any atom is 0.269 e. The Morgan fingerprint density at radius 1 is 1.30 bits per heavy atom. The Morgan fingerprint density at radius 2 is 2.04 bits per heavy atom. The first-order chi connectivity index (χ1) is 11.1. The lowest BCUT2D eigenvalue weighted by molar-refractivity contribution is 0.484. The molecule has 0 amide bonds. The van der Waals surface area contributed by atoms with E-state index in [0.29, 0.717) is 22.2 Å². The molecular weight excluding hydrogens is 314 g/mol. The minimum absolute atomic E-state index is 0.136. The van der Waals surface area contributed by atoms with Crippen LogP contribution in [0, 0.1) is 18.3 Å². The zero-order valence-corrected chi connectivity index (χ0v) is 13.0. The molecule has 114 valence electrons. The number of hydrogen-bond acceptors (Lipinski definition) is 4. The molecule has 0 aliphatic heterocycles. The number of nitrogens with zero attached hydrogens (tertiary/aromatic N) is 3. The molecule has 0 aliphatic carbocycles. The summed E-state index contributed by atoms with van der Waals surface area (Å²) in [6.45, 7) is 1.90. The second-order valence-corrected chi connectivity index (χ2v) is 5.48. The molecule has 6 heteroatoms. The Morgan fingerprint density at radius 3 is 2.74 bits per heavy atom. The first-order valence-electron chi connectivity index (χ1n) is 6.89. The van der Waals surface area contributed by atoms with Crippen molar-refractivity contribution in [2.45, 2.75) is 13.5 Å². The molecule has 0 radical (unpaired) electrons. The van der Waals surface area contributed by atoms with Gasteiger partial charge in [-0.15, -0.1) is 0 Å². The van der Waals surface area contributed by atoms with E-state index in [1.807, 2.05) is 18.2 Å². The first-order valence-corrected chi connectivity index (χ1v) is 7.27. The van der Waals surface area contributed by atoms with Crippen LogP contribution in [0.15, 0.2) is 51.9 Å². The fraction of sp³-hybridized carbons (Fsp3) is 0.118. The van der Waals surface area contributed by atoms with E-state index < -0.39 is 0 Å². The summed E-state index contributed by atoms with van der Waals surface area (Å²) in [6.07, 6.45) is 3.23. The quantitative estimate of drug-likeness (QED) is 0.740. The van der Waals surface area contributed by atoms with Gasteiger partial charge in [0.1, 0.15) is 18.2 Å². The van der Waals surface area contributed by atoms with E-state index in [1.54, 1.807) is 37.5 Å². The van der Waals surface area contributed by atoms with E-state index in [0.717, 1.165) is 5.56 Å². The van der Waals surface area contributed by atoms with E-state index in [2.05, 4.69) is 4.98 Å². The third-order valence-electron chi connectivity index (χ3n) is 3.47. The van der Waals surface area contributed by atoms with Crippen LogP contribution in [-0.4, -0.2) is 9.55 Å². The number of rotatable bonds is 3. The molecule has 0 saturated heterocycles. The van der Waals surface area contributed by atoms with Crippen molar-refractivity contribution in [2.24, 2.45) is 0 Å². The second-order valence-electron chi connectivity index (χ2n) is 5.04. The van der Waals surface area contributed by atoms with Crippen molar-refractivity contribution in [3.63, 3.8) is 0 Å². The lowest BCUT2D eigenvalue weighted by atomic mass is 10.2. The molecule has 0 N–H and O–H groups in total. The molecule has 0 atom stereocenters. The average Bonchev–Trinajstić information content (AvgIpc) is 3.00. The second kappa shape index (κ2) is 6.11. The van der Waals surface area contributed by atoms with Gasteiger partial charge in [0.15, 0.2) is 5.76 Å². The summed E-state index contributed by atoms with van der Waals surface area (Å²) in [5.41, 5.74) is 1.29. The van der Waals surface area contributed by atoms with Gasteiger partial charge in [0, 0.05) is 16.8 Å². The molecule has 3 aromatic rings. The highest BCUT2D eigenvalue weighted by molar-refractivity contribution is 6.30. The Hall–Kier alpha value is -2.84. The standard InChI is InChI=1S/C17H12ClN3O2/c1-11-6-7-21(17(22)14(11)8-19)10-16-20-9-15(23-16)12-2-4-13(18)5-3-12/h2-7,9H,10H2,1H3. The summed E-state index contributed by atoms with van der Waals surface area (Å²) in [4.78, 5) is 16.4. The van der Waals surface area contributed by atoms with Gasteiger partial charge in [-0.3, -0.25) is 4.79 Å². The molecule has 1 aromatic carbocycles. The summed E-state index contributed by atoms with van der Waals surface area (Å²) in [7, 11) is 0. The highest BCUT2D eigenvalue weighted by atomic mass is 35.5. The number of halogens is 1. The van der Waals surface area contributed by atoms with Crippen molar-refractivity contribution in [3.8, 4) is 17.4 Å². The Bertz CT molecular complexity index is 949. The summed E-state index contributed by atoms with van der Waals surface area (Å²) < 4.78 is 7.08. The monoisotopic (exact) mass is 325 g/mol. The van der Waals surface area contributed by atoms with Gasteiger partial charge in [-0.25, -0.2) is 4.98 Å². The third kappa shape index (κ3) is 3.03. The molecule has 2 heterocycles. The van der Waals surface area contributed by atoms with Gasteiger partial charge in [-0.2, -0.15) is 5.26 Å². The van der Waals surface area contributed by atoms with Gasteiger partial charge in [0.05, 0.1) is 6.20 Å². The van der Waals surface area contributed by atoms with Gasteiger partial charge in [-0.05, 0) is 42.8 Å². The van der Waals surface area contributed by atoms with Crippen LogP contribution in [0.5, 0.6) is 0 Å². The molecule has 23 heavy (non-hydrogen) atoms. The molecule has 3 rings (SSSR count). The number of oxazole rings is 1. The third-order valence-corrected chi connectivity index (χ3v) is 3.73. The van der Waals surface area contributed by atoms with E-state index in [9.17, 15) is 4.79 Å². The van der Waals surface area contributed by atoms with E-state index in [1.165, 1.54) is 4.57 Å². The number of hydrogen-bond donors (Lipinski definition) is 0. The Balaban J connectivity index is 1.90. The van der Waals surface area contributed by atoms with Crippen LogP contribution in [0.2, 0.25) is 5.02 Å². The van der Waals surface area contributed by atoms with Crippen LogP contribution in [0.1, 0.15) is 17.0 Å². The molecule has 2 aromatic heterocycles. The summed E-state index contributed by atoms with van der Waals surface area (Å²) >= 11 is 5.86. The average molecular weight is 326 g/mol. The van der Waals surface area contributed by atoms with Crippen molar-refractivity contribution in [1.29, 1.82) is 5.26 Å². The zero-order valence-electron chi connectivity index (χ0n) is 12.3. The smallest absolute Gasteiger partial charge is 0.269 e. The number of pyridine rings is 1. The van der Waals surface area contributed by atoms with Crippen LogP contribution >= 0.6 is 11.6 Å². The maximum absolute atomic E-state index is 12.2. The first kappa shape index (κ1) is 15.1. The molecule has 0 bridgehead atoms. The highest BCUT2D eigenvalue weighted by Crippen LogP contribution is 2.22. The van der Waals surface area contributed by atoms with E-state index in [-0.39, 0.29) is 17.7 Å². The predicted molar refractivity (Wildman–Crippen MR) is 86.2 cm³/mol. The minimum atomic E-state index is -0.348. The van der Waals surface area contributed by atoms with Gasteiger partial charge < -0.3 is 8.98 Å². The topological polar surface area (TPSA) is 71.8 Å². The largest absolute Gasteiger partial charge is 0.439 e. The molecule has 0 saturated carbocycles. The Labute approximate surface area is 137 Å². The fourth-order valence-electron chi connectivity index (χ4n) is 2.20.